The highest BCUT2D eigenvalue weighted by Gasteiger charge is 2.39. The number of imidazole rings is 1. The molecule has 7 aromatic rings. The lowest BCUT2D eigenvalue weighted by Crippen LogP contribution is -2.47. The molecule has 1 saturated heterocycles. The van der Waals surface area contributed by atoms with E-state index < -0.39 is 28.3 Å². The van der Waals surface area contributed by atoms with Crippen molar-refractivity contribution >= 4 is 27.0 Å². The van der Waals surface area contributed by atoms with Crippen LogP contribution in [-0.2, 0) is 50.4 Å². The van der Waals surface area contributed by atoms with E-state index in [1.165, 1.54) is 0 Å². The third-order valence-electron chi connectivity index (χ3n) is 11.1. The van der Waals surface area contributed by atoms with Crippen LogP contribution in [0.25, 0.3) is 22.2 Å². The minimum absolute atomic E-state index is 0.0114. The Morgan fingerprint density at radius 1 is 0.767 bits per heavy atom. The van der Waals surface area contributed by atoms with Crippen LogP contribution < -0.4 is 10.0 Å². The molecule has 5 atom stereocenters. The Bertz CT molecular complexity index is 2670. The largest absolute Gasteiger partial charge is 0.392 e. The van der Waals surface area contributed by atoms with E-state index >= 15 is 0 Å². The number of ether oxygens (including phenoxy) is 2. The number of carbonyl (C=O) groups is 1. The van der Waals surface area contributed by atoms with Gasteiger partial charge in [0.15, 0.2) is 6.29 Å². The van der Waals surface area contributed by atoms with Gasteiger partial charge in [-0.2, -0.15) is 4.72 Å². The van der Waals surface area contributed by atoms with Gasteiger partial charge < -0.3 is 24.5 Å². The predicted octanol–water partition coefficient (Wildman–Crippen LogP) is 8.20. The number of carbonyl (C=O) groups excluding carboxylic acids is 1. The zero-order chi connectivity index (χ0) is 41.6. The van der Waals surface area contributed by atoms with E-state index in [0.29, 0.717) is 6.54 Å². The minimum Gasteiger partial charge on any atom is -0.392 e. The Balaban J connectivity index is 1.01. The second-order valence-electron chi connectivity index (χ2n) is 15.4. The van der Waals surface area contributed by atoms with Gasteiger partial charge in [-0.25, -0.2) is 13.4 Å². The zero-order valence-electron chi connectivity index (χ0n) is 33.5. The average Bonchev–Trinajstić information content (AvgIpc) is 3.69. The fourth-order valence-electron chi connectivity index (χ4n) is 7.73. The third kappa shape index (κ3) is 9.41. The smallest absolute Gasteiger partial charge is 0.241 e. The van der Waals surface area contributed by atoms with Crippen LogP contribution in [0.4, 0.5) is 0 Å². The van der Waals surface area contributed by atoms with Gasteiger partial charge in [-0.05, 0) is 83.1 Å². The van der Waals surface area contributed by atoms with Gasteiger partial charge in [0.1, 0.15) is 6.04 Å². The molecule has 1 amide bonds. The first-order valence-electron chi connectivity index (χ1n) is 20.1. The fourth-order valence-corrected chi connectivity index (χ4v) is 8.92. The number of aryl methyl sites for hydroxylation is 1. The highest BCUT2D eigenvalue weighted by molar-refractivity contribution is 7.89. The molecule has 0 spiro atoms. The SMILES string of the molecule is Cc1ccc(S(=O)(=O)NC(Cc2ccccc2)C(=O)NCc2cccc(-c3cccc(C4OC(Cn5cnc6ccccc65)C(C)C(c5ccc(CO)cc5)O4)c3)c2)cc1. The van der Waals surface area contributed by atoms with E-state index in [2.05, 4.69) is 38.6 Å². The second kappa shape index (κ2) is 18.1. The van der Waals surface area contributed by atoms with Crippen molar-refractivity contribution in [2.45, 2.75) is 69.4 Å². The summed E-state index contributed by atoms with van der Waals surface area (Å²) >= 11 is 0. The van der Waals surface area contributed by atoms with E-state index in [4.69, 9.17) is 9.47 Å². The summed E-state index contributed by atoms with van der Waals surface area (Å²) in [5.41, 5.74) is 9.16. The maximum atomic E-state index is 13.8. The molecule has 1 fully saturated rings. The summed E-state index contributed by atoms with van der Waals surface area (Å²) in [4.78, 5) is 18.5. The van der Waals surface area contributed by atoms with Gasteiger partial charge in [0.2, 0.25) is 15.9 Å². The van der Waals surface area contributed by atoms with E-state index in [-0.39, 0.29) is 42.6 Å². The number of rotatable bonds is 14. The first-order chi connectivity index (χ1) is 29.1. The van der Waals surface area contributed by atoms with Gasteiger partial charge in [0, 0.05) is 18.0 Å². The van der Waals surface area contributed by atoms with Crippen molar-refractivity contribution in [3.05, 3.63) is 191 Å². The number of aliphatic hydroxyl groups is 1. The number of para-hydroxylation sites is 2. The number of hydrogen-bond donors (Lipinski definition) is 3. The highest BCUT2D eigenvalue weighted by Crippen LogP contribution is 2.43. The third-order valence-corrected chi connectivity index (χ3v) is 12.6. The molecular formula is C49H48N4O6S. The molecule has 8 rings (SSSR count). The zero-order valence-corrected chi connectivity index (χ0v) is 34.3. The molecule has 306 valence electrons. The van der Waals surface area contributed by atoms with Crippen molar-refractivity contribution < 1.29 is 27.8 Å². The minimum atomic E-state index is -3.98. The highest BCUT2D eigenvalue weighted by atomic mass is 32.2. The molecule has 0 radical (unpaired) electrons. The van der Waals surface area contributed by atoms with E-state index in [1.54, 1.807) is 24.3 Å². The summed E-state index contributed by atoms with van der Waals surface area (Å²) in [5, 5.41) is 12.7. The van der Waals surface area contributed by atoms with Gasteiger partial charge in [0.25, 0.3) is 0 Å². The normalized spacial score (nSPS) is 18.6. The summed E-state index contributed by atoms with van der Waals surface area (Å²) in [5.74, 6) is -0.441. The average molecular weight is 821 g/mol. The summed E-state index contributed by atoms with van der Waals surface area (Å²) < 4.78 is 45.2. The van der Waals surface area contributed by atoms with Gasteiger partial charge >= 0.3 is 0 Å². The molecule has 0 saturated carbocycles. The van der Waals surface area contributed by atoms with E-state index in [1.807, 2.05) is 129 Å². The van der Waals surface area contributed by atoms with Crippen LogP contribution in [0.15, 0.2) is 163 Å². The van der Waals surface area contributed by atoms with Crippen molar-refractivity contribution in [2.24, 2.45) is 5.92 Å². The first-order valence-corrected chi connectivity index (χ1v) is 21.6. The molecule has 6 aromatic carbocycles. The first kappa shape index (κ1) is 40.8. The summed E-state index contributed by atoms with van der Waals surface area (Å²) in [6.45, 7) is 4.78. The lowest BCUT2D eigenvalue weighted by Gasteiger charge is -2.41. The Hall–Kier alpha value is -5.95. The van der Waals surface area contributed by atoms with Crippen LogP contribution in [0.2, 0.25) is 0 Å². The molecular weight excluding hydrogens is 773 g/mol. The molecule has 1 aliphatic rings. The summed E-state index contributed by atoms with van der Waals surface area (Å²) in [6.07, 6.45) is 0.879. The molecule has 1 aromatic heterocycles. The van der Waals surface area contributed by atoms with Crippen molar-refractivity contribution in [3.63, 3.8) is 0 Å². The van der Waals surface area contributed by atoms with Crippen LogP contribution in [-0.4, -0.2) is 41.1 Å². The number of fused-ring (bicyclic) bond motifs is 1. The number of nitrogens with zero attached hydrogens (tertiary/aromatic N) is 2. The Morgan fingerprint density at radius 3 is 2.23 bits per heavy atom. The van der Waals surface area contributed by atoms with Crippen LogP contribution in [0, 0.1) is 12.8 Å². The number of aliphatic hydroxyl groups excluding tert-OH is 1. The van der Waals surface area contributed by atoms with Crippen LogP contribution in [0.5, 0.6) is 0 Å². The van der Waals surface area contributed by atoms with Gasteiger partial charge in [-0.15, -0.1) is 0 Å². The van der Waals surface area contributed by atoms with Crippen molar-refractivity contribution in [3.8, 4) is 11.1 Å². The number of aromatic nitrogens is 2. The monoisotopic (exact) mass is 820 g/mol. The van der Waals surface area contributed by atoms with Crippen LogP contribution >= 0.6 is 0 Å². The number of benzene rings is 6. The quantitative estimate of drug-likeness (QED) is 0.101. The molecule has 1 aliphatic heterocycles. The van der Waals surface area contributed by atoms with Crippen molar-refractivity contribution in [2.75, 3.05) is 0 Å². The topological polar surface area (TPSA) is 132 Å². The standard InChI is InChI=1S/C49H48N4O6S/c1-33-18-24-42(25-19-33)60(56,57)52-44(27-35-10-4-3-5-11-35)48(55)50-29-37-12-8-13-39(26-37)40-14-9-15-41(28-40)49-58-46(30-53-32-51-43-16-6-7-17-45(43)53)34(2)47(59-49)38-22-20-36(31-54)21-23-38/h3-26,28,32,34,44,46-47,49,52,54H,27,29-31H2,1-2H3,(H,50,55). The molecule has 0 bridgehead atoms. The maximum Gasteiger partial charge on any atom is 0.241 e. The maximum absolute atomic E-state index is 13.8. The summed E-state index contributed by atoms with van der Waals surface area (Å²) in [7, 11) is -3.98. The number of hydrogen-bond acceptors (Lipinski definition) is 7. The predicted molar refractivity (Wildman–Crippen MR) is 232 cm³/mol. The van der Waals surface area contributed by atoms with E-state index in [0.717, 1.165) is 55.5 Å². The number of sulfonamides is 1. The Kier molecular flexibility index (Phi) is 12.3. The second-order valence-corrected chi connectivity index (χ2v) is 17.1. The molecule has 10 nitrogen and oxygen atoms in total. The number of amides is 1. The van der Waals surface area contributed by atoms with Crippen molar-refractivity contribution in [1.29, 1.82) is 0 Å². The van der Waals surface area contributed by atoms with Crippen LogP contribution in [0.1, 0.15) is 52.7 Å². The molecule has 2 heterocycles. The summed E-state index contributed by atoms with van der Waals surface area (Å²) in [6, 6.07) is 46.8. The van der Waals surface area contributed by atoms with Gasteiger partial charge in [-0.3, -0.25) is 4.79 Å². The van der Waals surface area contributed by atoms with Gasteiger partial charge in [0.05, 0.1) is 47.6 Å². The van der Waals surface area contributed by atoms with E-state index in [9.17, 15) is 18.3 Å². The fraction of sp³-hybridized carbons (Fsp3) is 0.224. The van der Waals surface area contributed by atoms with Crippen LogP contribution in [0.3, 0.4) is 0 Å². The molecule has 5 unspecified atom stereocenters. The molecule has 0 aliphatic carbocycles. The molecule has 3 N–H and O–H groups in total. The van der Waals surface area contributed by atoms with Gasteiger partial charge in [-0.1, -0.05) is 128 Å². The Morgan fingerprint density at radius 2 is 1.47 bits per heavy atom. The number of nitrogens with one attached hydrogen (secondary N) is 2. The lowest BCUT2D eigenvalue weighted by molar-refractivity contribution is -0.276. The Labute approximate surface area is 350 Å². The van der Waals surface area contributed by atoms with Crippen molar-refractivity contribution in [1.82, 2.24) is 19.6 Å². The lowest BCUT2D eigenvalue weighted by atomic mass is 9.90. The molecule has 11 heteroatoms. The molecule has 60 heavy (non-hydrogen) atoms.